The highest BCUT2D eigenvalue weighted by molar-refractivity contribution is 6.43. The minimum Gasteiger partial charge on any atom is -0.426 e. The summed E-state index contributed by atoms with van der Waals surface area (Å²) in [5, 5.41) is 31.3. The summed E-state index contributed by atoms with van der Waals surface area (Å²) in [7, 11) is -0.143. The van der Waals surface area contributed by atoms with E-state index in [2.05, 4.69) is 31.0 Å². The molecule has 2 aromatic heterocycles. The first-order valence-corrected chi connectivity index (χ1v) is 11.4. The Bertz CT molecular complexity index is 1140. The third kappa shape index (κ3) is 8.29. The van der Waals surface area contributed by atoms with Crippen molar-refractivity contribution in [2.75, 3.05) is 5.32 Å². The molecule has 3 aromatic rings. The molecule has 3 amide bonds. The molecule has 188 valence electrons. The molecule has 1 unspecified atom stereocenters. The van der Waals surface area contributed by atoms with Crippen molar-refractivity contribution >= 4 is 30.5 Å². The van der Waals surface area contributed by atoms with Crippen LogP contribution < -0.4 is 16.0 Å². The molecule has 12 nitrogen and oxygen atoms in total. The predicted octanol–water partition coefficient (Wildman–Crippen LogP) is -0.143. The van der Waals surface area contributed by atoms with Gasteiger partial charge in [-0.1, -0.05) is 30.3 Å². The Labute approximate surface area is 208 Å². The number of aromatic nitrogens is 4. The topological polar surface area (TPSA) is 171 Å². The lowest BCUT2D eigenvalue weighted by atomic mass is 9.76. The number of benzene rings is 1. The molecule has 0 aliphatic rings. The molecule has 0 fully saturated rings. The molecule has 5 N–H and O–H groups in total. The van der Waals surface area contributed by atoms with Crippen LogP contribution in [0.15, 0.2) is 61.3 Å². The number of carbonyl (C=O) groups is 3. The Morgan fingerprint density at radius 3 is 2.50 bits per heavy atom. The zero-order valence-corrected chi connectivity index (χ0v) is 19.7. The minimum atomic E-state index is -1.83. The lowest BCUT2D eigenvalue weighted by Gasteiger charge is -2.23. The second-order valence-corrected chi connectivity index (χ2v) is 8.18. The first-order valence-electron chi connectivity index (χ1n) is 11.4. The van der Waals surface area contributed by atoms with Crippen molar-refractivity contribution < 1.29 is 24.4 Å². The van der Waals surface area contributed by atoms with E-state index in [-0.39, 0.29) is 12.1 Å². The molecule has 0 aliphatic carbocycles. The number of nitrogens with one attached hydrogen (secondary N) is 3. The van der Waals surface area contributed by atoms with Gasteiger partial charge in [0.2, 0.25) is 11.8 Å². The van der Waals surface area contributed by atoms with Crippen LogP contribution in [-0.2, 0) is 23.1 Å². The van der Waals surface area contributed by atoms with Crippen LogP contribution in [0.3, 0.4) is 0 Å². The van der Waals surface area contributed by atoms with E-state index in [4.69, 9.17) is 0 Å². The van der Waals surface area contributed by atoms with E-state index in [1.54, 1.807) is 13.2 Å². The average Bonchev–Trinajstić information content (AvgIpc) is 3.28. The van der Waals surface area contributed by atoms with Gasteiger partial charge >= 0.3 is 7.12 Å². The van der Waals surface area contributed by atoms with Crippen LogP contribution >= 0.6 is 0 Å². The smallest absolute Gasteiger partial charge is 0.426 e. The van der Waals surface area contributed by atoms with Crippen LogP contribution in [0.1, 0.15) is 35.3 Å². The first-order chi connectivity index (χ1) is 17.3. The number of aryl methyl sites for hydroxylation is 2. The van der Waals surface area contributed by atoms with Crippen molar-refractivity contribution in [3.8, 4) is 0 Å². The van der Waals surface area contributed by atoms with Crippen LogP contribution in [0.5, 0.6) is 0 Å². The fraction of sp³-hybridized carbons (Fsp3) is 0.304. The number of amides is 3. The molecule has 0 spiro atoms. The quantitative estimate of drug-likeness (QED) is 0.217. The molecule has 0 saturated heterocycles. The number of nitrogens with zero attached hydrogens (tertiary/aromatic N) is 4. The monoisotopic (exact) mass is 493 g/mol. The molecular weight excluding hydrogens is 465 g/mol. The zero-order chi connectivity index (χ0) is 25.9. The highest BCUT2D eigenvalue weighted by atomic mass is 16.4. The van der Waals surface area contributed by atoms with Gasteiger partial charge in [-0.15, -0.1) is 0 Å². The fourth-order valence-corrected chi connectivity index (χ4v) is 3.49. The predicted molar refractivity (Wildman–Crippen MR) is 131 cm³/mol. The van der Waals surface area contributed by atoms with E-state index in [0.717, 1.165) is 5.56 Å². The molecule has 36 heavy (non-hydrogen) atoms. The van der Waals surface area contributed by atoms with Crippen molar-refractivity contribution in [1.82, 2.24) is 30.4 Å². The summed E-state index contributed by atoms with van der Waals surface area (Å²) < 4.78 is 1.50. The van der Waals surface area contributed by atoms with Gasteiger partial charge in [0.05, 0.1) is 30.4 Å². The highest BCUT2D eigenvalue weighted by Crippen LogP contribution is 2.09. The summed E-state index contributed by atoms with van der Waals surface area (Å²) in [5.74, 6) is -3.00. The van der Waals surface area contributed by atoms with Crippen LogP contribution in [0.2, 0.25) is 0 Å². The summed E-state index contributed by atoms with van der Waals surface area (Å²) in [4.78, 5) is 46.0. The largest absolute Gasteiger partial charge is 0.475 e. The number of hydrogen-bond acceptors (Lipinski definition) is 8. The lowest BCUT2D eigenvalue weighted by Crippen LogP contribution is -2.54. The molecule has 3 rings (SSSR count). The average molecular weight is 493 g/mol. The molecule has 0 bridgehead atoms. The highest BCUT2D eigenvalue weighted by Gasteiger charge is 2.31. The van der Waals surface area contributed by atoms with E-state index in [1.165, 1.54) is 29.5 Å². The standard InChI is InChI=1S/C23H28BN7O5/c1-31-15-17(13-27-31)28-21(32)12-18(29-23(34)19-14-25-10-11-26-19)22(33)30-20(24(35)36)9-5-8-16-6-3-2-4-7-16/h2-4,6-7,10-11,13-15,18,20,35-36H,5,8-9,12H2,1H3,(H,28,32)(H,29,34)(H,30,33)/t18?,20-/m0/s1. The normalized spacial score (nSPS) is 12.3. The van der Waals surface area contributed by atoms with Crippen molar-refractivity contribution in [1.29, 1.82) is 0 Å². The lowest BCUT2D eigenvalue weighted by molar-refractivity contribution is -0.126. The van der Waals surface area contributed by atoms with E-state index in [0.29, 0.717) is 18.5 Å². The maximum atomic E-state index is 13.1. The van der Waals surface area contributed by atoms with Crippen molar-refractivity contribution in [2.24, 2.45) is 7.05 Å². The first kappa shape index (κ1) is 26.5. The molecule has 1 aromatic carbocycles. The molecule has 0 radical (unpaired) electrons. The summed E-state index contributed by atoms with van der Waals surface area (Å²) in [6, 6.07) is 8.34. The molecule has 0 aliphatic heterocycles. The van der Waals surface area contributed by atoms with Gasteiger partial charge in [0, 0.05) is 25.6 Å². The number of rotatable bonds is 12. The van der Waals surface area contributed by atoms with Crippen LogP contribution in [0, 0.1) is 0 Å². The maximum Gasteiger partial charge on any atom is 0.475 e. The van der Waals surface area contributed by atoms with E-state index < -0.39 is 43.2 Å². The SMILES string of the molecule is Cn1cc(NC(=O)CC(NC(=O)c2cnccn2)C(=O)N[C@@H](CCCc2ccccc2)B(O)O)cn1. The molecule has 2 atom stereocenters. The van der Waals surface area contributed by atoms with Crippen LogP contribution in [-0.4, -0.2) is 66.6 Å². The van der Waals surface area contributed by atoms with Gasteiger partial charge < -0.3 is 26.0 Å². The Hall–Kier alpha value is -4.10. The number of carbonyl (C=O) groups excluding carboxylic acids is 3. The second kappa shape index (κ2) is 13.1. The van der Waals surface area contributed by atoms with Gasteiger partial charge in [-0.05, 0) is 24.8 Å². The summed E-state index contributed by atoms with van der Waals surface area (Å²) in [5.41, 5.74) is 1.47. The zero-order valence-electron chi connectivity index (χ0n) is 19.7. The Morgan fingerprint density at radius 1 is 1.08 bits per heavy atom. The minimum absolute atomic E-state index is 0.0374. The fourth-order valence-electron chi connectivity index (χ4n) is 3.49. The van der Waals surface area contributed by atoms with Gasteiger partial charge in [-0.25, -0.2) is 4.98 Å². The summed E-state index contributed by atoms with van der Waals surface area (Å²) in [6.07, 6.45) is 8.08. The van der Waals surface area contributed by atoms with Gasteiger partial charge in [-0.2, -0.15) is 5.10 Å². The third-order valence-corrected chi connectivity index (χ3v) is 5.31. The van der Waals surface area contributed by atoms with E-state index in [9.17, 15) is 24.4 Å². The van der Waals surface area contributed by atoms with Crippen molar-refractivity contribution in [2.45, 2.75) is 37.7 Å². The second-order valence-electron chi connectivity index (χ2n) is 8.18. The third-order valence-electron chi connectivity index (χ3n) is 5.31. The molecule has 0 saturated carbocycles. The van der Waals surface area contributed by atoms with Gasteiger partial charge in [0.1, 0.15) is 11.7 Å². The van der Waals surface area contributed by atoms with Crippen LogP contribution in [0.4, 0.5) is 5.69 Å². The van der Waals surface area contributed by atoms with E-state index >= 15 is 0 Å². The van der Waals surface area contributed by atoms with Gasteiger partial charge in [0.15, 0.2) is 0 Å². The summed E-state index contributed by atoms with van der Waals surface area (Å²) >= 11 is 0. The molecular formula is C23H28BN7O5. The Balaban J connectivity index is 1.66. The number of hydrogen-bond donors (Lipinski definition) is 5. The van der Waals surface area contributed by atoms with Gasteiger partial charge in [0.25, 0.3) is 5.91 Å². The Morgan fingerprint density at radius 2 is 1.86 bits per heavy atom. The maximum absolute atomic E-state index is 13.1. The molecule has 2 heterocycles. The van der Waals surface area contributed by atoms with Crippen molar-refractivity contribution in [3.63, 3.8) is 0 Å². The molecule has 13 heteroatoms. The van der Waals surface area contributed by atoms with Crippen molar-refractivity contribution in [3.05, 3.63) is 72.6 Å². The number of anilines is 1. The van der Waals surface area contributed by atoms with E-state index in [1.807, 2.05) is 30.3 Å². The van der Waals surface area contributed by atoms with Crippen LogP contribution in [0.25, 0.3) is 0 Å². The van der Waals surface area contributed by atoms with Gasteiger partial charge in [-0.3, -0.25) is 24.0 Å². The Kier molecular flexibility index (Phi) is 9.66. The summed E-state index contributed by atoms with van der Waals surface area (Å²) in [6.45, 7) is 0.